The molecule has 104 valence electrons. The summed E-state index contributed by atoms with van der Waals surface area (Å²) in [4.78, 5) is 10.4. The second-order valence-corrected chi connectivity index (χ2v) is 4.86. The average Bonchev–Trinajstić information content (AvgIpc) is 2.34. The number of carbonyl (C=O) groups is 1. The zero-order valence-corrected chi connectivity index (χ0v) is 10.8. The maximum absolute atomic E-state index is 10.4. The number of hydrogen-bond acceptors (Lipinski definition) is 4. The van der Waals surface area contributed by atoms with E-state index in [1.54, 1.807) is 18.2 Å². The summed E-state index contributed by atoms with van der Waals surface area (Å²) in [5, 5.41) is 20.5. The molecule has 0 saturated carbocycles. The number of nitrogens with one attached hydrogen (secondary N) is 1. The van der Waals surface area contributed by atoms with Crippen LogP contribution in [0.5, 0.6) is 5.75 Å². The third kappa shape index (κ3) is 3.36. The molecule has 1 amide bonds. The highest BCUT2D eigenvalue weighted by Gasteiger charge is 2.27. The van der Waals surface area contributed by atoms with Gasteiger partial charge in [-0.2, -0.15) is 0 Å². The minimum Gasteiger partial charge on any atom is -0.465 e. The molecule has 1 aliphatic heterocycles. The van der Waals surface area contributed by atoms with Crippen LogP contribution in [0.2, 0.25) is 0 Å². The molecular formula is C13H17NO5. The van der Waals surface area contributed by atoms with E-state index in [2.05, 4.69) is 5.32 Å². The molecule has 0 radical (unpaired) electrons. The van der Waals surface area contributed by atoms with Gasteiger partial charge in [0.2, 0.25) is 5.79 Å². The number of ether oxygens (including phenoxy) is 2. The fraction of sp³-hybridized carbons (Fsp3) is 0.462. The highest BCUT2D eigenvalue weighted by Crippen LogP contribution is 2.32. The van der Waals surface area contributed by atoms with E-state index in [1.807, 2.05) is 13.8 Å². The lowest BCUT2D eigenvalue weighted by atomic mass is 10.0. The molecule has 1 aromatic rings. The molecule has 3 N–H and O–H groups in total. The predicted molar refractivity (Wildman–Crippen MR) is 66.9 cm³/mol. The minimum absolute atomic E-state index is 0.0542. The van der Waals surface area contributed by atoms with Gasteiger partial charge in [-0.1, -0.05) is 6.07 Å². The molecule has 1 heterocycles. The van der Waals surface area contributed by atoms with Gasteiger partial charge in [-0.25, -0.2) is 4.79 Å². The van der Waals surface area contributed by atoms with Crippen LogP contribution in [0.25, 0.3) is 0 Å². The number of fused-ring (bicyclic) bond motifs is 1. The van der Waals surface area contributed by atoms with Gasteiger partial charge in [-0.05, 0) is 17.7 Å². The smallest absolute Gasteiger partial charge is 0.404 e. The normalized spacial score (nSPS) is 18.1. The molecule has 6 heteroatoms. The Balaban J connectivity index is 2.11. The molecule has 0 spiro atoms. The Kier molecular flexibility index (Phi) is 3.64. The zero-order chi connectivity index (χ0) is 14.0. The van der Waals surface area contributed by atoms with Crippen LogP contribution in [0.4, 0.5) is 4.79 Å². The summed E-state index contributed by atoms with van der Waals surface area (Å²) in [6.07, 6.45) is -2.05. The third-order valence-corrected chi connectivity index (χ3v) is 2.85. The van der Waals surface area contributed by atoms with Gasteiger partial charge in [0.1, 0.15) is 5.75 Å². The Labute approximate surface area is 111 Å². The molecule has 0 saturated heterocycles. The SMILES string of the molecule is CC1(C)OCc2cc(C(O)CNC(=O)O)ccc2O1. The van der Waals surface area contributed by atoms with Crippen molar-refractivity contribution in [2.75, 3.05) is 6.54 Å². The molecule has 0 aliphatic carbocycles. The number of rotatable bonds is 3. The van der Waals surface area contributed by atoms with Crippen LogP contribution < -0.4 is 10.1 Å². The maximum Gasteiger partial charge on any atom is 0.404 e. The van der Waals surface area contributed by atoms with Crippen LogP contribution in [0.3, 0.4) is 0 Å². The molecule has 6 nitrogen and oxygen atoms in total. The second-order valence-electron chi connectivity index (χ2n) is 4.86. The van der Waals surface area contributed by atoms with Gasteiger partial charge >= 0.3 is 6.09 Å². The average molecular weight is 267 g/mol. The number of aliphatic hydroxyl groups is 1. The molecule has 2 rings (SSSR count). The number of aliphatic hydroxyl groups excluding tert-OH is 1. The van der Waals surface area contributed by atoms with E-state index < -0.39 is 18.0 Å². The lowest BCUT2D eigenvalue weighted by Crippen LogP contribution is -2.35. The van der Waals surface area contributed by atoms with Crippen molar-refractivity contribution in [3.05, 3.63) is 29.3 Å². The Bertz CT molecular complexity index is 486. The second kappa shape index (κ2) is 5.07. The van der Waals surface area contributed by atoms with E-state index >= 15 is 0 Å². The van der Waals surface area contributed by atoms with Crippen molar-refractivity contribution in [2.45, 2.75) is 32.3 Å². The van der Waals surface area contributed by atoms with Gasteiger partial charge in [-0.3, -0.25) is 0 Å². The van der Waals surface area contributed by atoms with Crippen molar-refractivity contribution in [1.82, 2.24) is 5.32 Å². The first-order chi connectivity index (χ1) is 8.87. The van der Waals surface area contributed by atoms with E-state index in [-0.39, 0.29) is 6.54 Å². The first-order valence-electron chi connectivity index (χ1n) is 5.98. The molecule has 0 fully saturated rings. The van der Waals surface area contributed by atoms with Crippen molar-refractivity contribution in [2.24, 2.45) is 0 Å². The first-order valence-corrected chi connectivity index (χ1v) is 5.98. The summed E-state index contributed by atoms with van der Waals surface area (Å²) in [5.74, 6) is 0.0660. The van der Waals surface area contributed by atoms with E-state index in [0.717, 1.165) is 11.3 Å². The molecule has 1 aliphatic rings. The van der Waals surface area contributed by atoms with Crippen molar-refractivity contribution in [3.63, 3.8) is 0 Å². The quantitative estimate of drug-likeness (QED) is 0.774. The Hall–Kier alpha value is -1.79. The van der Waals surface area contributed by atoms with E-state index in [1.165, 1.54) is 0 Å². The van der Waals surface area contributed by atoms with Crippen LogP contribution in [-0.4, -0.2) is 28.6 Å². The third-order valence-electron chi connectivity index (χ3n) is 2.85. The van der Waals surface area contributed by atoms with Crippen molar-refractivity contribution in [1.29, 1.82) is 0 Å². The molecule has 19 heavy (non-hydrogen) atoms. The molecule has 0 aromatic heterocycles. The molecule has 0 bridgehead atoms. The minimum atomic E-state index is -1.16. The highest BCUT2D eigenvalue weighted by atomic mass is 16.7. The number of hydrogen-bond donors (Lipinski definition) is 3. The fourth-order valence-electron chi connectivity index (χ4n) is 1.87. The summed E-state index contributed by atoms with van der Waals surface area (Å²) in [5.41, 5.74) is 1.46. The van der Waals surface area contributed by atoms with E-state index in [0.29, 0.717) is 12.2 Å². The Morgan fingerprint density at radius 2 is 2.26 bits per heavy atom. The van der Waals surface area contributed by atoms with Gasteiger partial charge < -0.3 is 25.0 Å². The molecule has 1 aromatic carbocycles. The zero-order valence-electron chi connectivity index (χ0n) is 10.8. The Morgan fingerprint density at radius 3 is 2.95 bits per heavy atom. The maximum atomic E-state index is 10.4. The van der Waals surface area contributed by atoms with Crippen LogP contribution in [0, 0.1) is 0 Å². The molecule has 1 unspecified atom stereocenters. The predicted octanol–water partition coefficient (Wildman–Crippen LogP) is 1.63. The van der Waals surface area contributed by atoms with E-state index in [4.69, 9.17) is 14.6 Å². The van der Waals surface area contributed by atoms with Crippen molar-refractivity contribution >= 4 is 6.09 Å². The number of amides is 1. The van der Waals surface area contributed by atoms with Crippen LogP contribution in [-0.2, 0) is 11.3 Å². The van der Waals surface area contributed by atoms with Gasteiger partial charge in [-0.15, -0.1) is 0 Å². The van der Waals surface area contributed by atoms with E-state index in [9.17, 15) is 9.90 Å². The van der Waals surface area contributed by atoms with Crippen LogP contribution >= 0.6 is 0 Å². The van der Waals surface area contributed by atoms with Gasteiger partial charge in [0, 0.05) is 19.4 Å². The summed E-state index contributed by atoms with van der Waals surface area (Å²) in [6, 6.07) is 5.24. The fourth-order valence-corrected chi connectivity index (χ4v) is 1.87. The van der Waals surface area contributed by atoms with Gasteiger partial charge in [0.25, 0.3) is 0 Å². The largest absolute Gasteiger partial charge is 0.465 e. The topological polar surface area (TPSA) is 88.0 Å². The monoisotopic (exact) mass is 267 g/mol. The standard InChI is InChI=1S/C13H17NO5/c1-13(2)18-7-9-5-8(3-4-11(9)19-13)10(15)6-14-12(16)17/h3-5,10,14-15H,6-7H2,1-2H3,(H,16,17). The molecule has 1 atom stereocenters. The summed E-state index contributed by atoms with van der Waals surface area (Å²) < 4.78 is 11.1. The van der Waals surface area contributed by atoms with Gasteiger partial charge in [0.05, 0.1) is 19.3 Å². The summed E-state index contributed by atoms with van der Waals surface area (Å²) in [7, 11) is 0. The van der Waals surface area contributed by atoms with Crippen molar-refractivity contribution < 1.29 is 24.5 Å². The molecular weight excluding hydrogens is 250 g/mol. The van der Waals surface area contributed by atoms with Crippen LogP contribution in [0.15, 0.2) is 18.2 Å². The van der Waals surface area contributed by atoms with Gasteiger partial charge in [0.15, 0.2) is 0 Å². The van der Waals surface area contributed by atoms with Crippen molar-refractivity contribution in [3.8, 4) is 5.75 Å². The van der Waals surface area contributed by atoms with Crippen LogP contribution in [0.1, 0.15) is 31.1 Å². The first kappa shape index (κ1) is 13.6. The highest BCUT2D eigenvalue weighted by molar-refractivity contribution is 5.64. The number of benzene rings is 1. The summed E-state index contributed by atoms with van der Waals surface area (Å²) in [6.45, 7) is 4.00. The lowest BCUT2D eigenvalue weighted by molar-refractivity contribution is -0.180. The summed E-state index contributed by atoms with van der Waals surface area (Å²) >= 11 is 0. The lowest BCUT2D eigenvalue weighted by Gasteiger charge is -2.32. The number of carboxylic acid groups (broad SMARTS) is 1. The Morgan fingerprint density at radius 1 is 1.53 bits per heavy atom.